The summed E-state index contributed by atoms with van der Waals surface area (Å²) in [6, 6.07) is 10.6. The summed E-state index contributed by atoms with van der Waals surface area (Å²) >= 11 is 0.341. The summed E-state index contributed by atoms with van der Waals surface area (Å²) in [4.78, 5) is 0. The first kappa shape index (κ1) is 13.9. The number of rotatable bonds is 3. The fraction of sp³-hybridized carbons (Fsp3) is 0.500. The van der Waals surface area contributed by atoms with Gasteiger partial charge in [0.15, 0.2) is 0 Å². The van der Waals surface area contributed by atoms with Crippen molar-refractivity contribution >= 4 is 19.4 Å². The molecule has 0 amide bonds. The van der Waals surface area contributed by atoms with Crippen LogP contribution in [-0.2, 0) is 0 Å². The van der Waals surface area contributed by atoms with Gasteiger partial charge in [-0.05, 0) is 0 Å². The molecule has 0 heterocycles. The van der Waals surface area contributed by atoms with Gasteiger partial charge < -0.3 is 0 Å². The van der Waals surface area contributed by atoms with Crippen molar-refractivity contribution in [3.8, 4) is 0 Å². The minimum absolute atomic E-state index is 0.0836. The van der Waals surface area contributed by atoms with Crippen LogP contribution in [0.5, 0.6) is 0 Å². The van der Waals surface area contributed by atoms with E-state index >= 15 is 0 Å². The normalized spacial score (nSPS) is 32.2. The zero-order valence-electron chi connectivity index (χ0n) is 11.2. The van der Waals surface area contributed by atoms with Crippen molar-refractivity contribution in [2.75, 3.05) is 0 Å². The summed E-state index contributed by atoms with van der Waals surface area (Å²) in [5.41, 5.74) is 1.23. The van der Waals surface area contributed by atoms with Crippen LogP contribution in [0.15, 0.2) is 42.5 Å². The van der Waals surface area contributed by atoms with Crippen molar-refractivity contribution in [3.05, 3.63) is 42.5 Å². The van der Waals surface area contributed by atoms with Gasteiger partial charge in [-0.2, -0.15) is 0 Å². The SMILES string of the molecule is C=C(C)[C@H]1CC[C@@](C)([Se]c2ccccc2)[C@H](O)C1. The summed E-state index contributed by atoms with van der Waals surface area (Å²) in [7, 11) is 0. The van der Waals surface area contributed by atoms with E-state index in [0.717, 1.165) is 12.8 Å². The summed E-state index contributed by atoms with van der Waals surface area (Å²) in [6.45, 7) is 8.37. The first-order chi connectivity index (χ1) is 8.51. The number of allylic oxidation sites excluding steroid dienone is 1. The molecular formula is C16H22OSe. The van der Waals surface area contributed by atoms with Crippen LogP contribution in [0.4, 0.5) is 0 Å². The molecule has 18 heavy (non-hydrogen) atoms. The Bertz CT molecular complexity index is 414. The van der Waals surface area contributed by atoms with Crippen molar-refractivity contribution in [2.24, 2.45) is 5.92 Å². The molecule has 1 saturated carbocycles. The van der Waals surface area contributed by atoms with Crippen LogP contribution in [0.3, 0.4) is 0 Å². The Labute approximate surface area is 116 Å². The molecule has 0 aliphatic heterocycles. The van der Waals surface area contributed by atoms with Gasteiger partial charge in [0.25, 0.3) is 0 Å². The van der Waals surface area contributed by atoms with E-state index in [9.17, 15) is 5.11 Å². The van der Waals surface area contributed by atoms with Gasteiger partial charge in [-0.25, -0.2) is 0 Å². The van der Waals surface area contributed by atoms with Crippen LogP contribution in [0.2, 0.25) is 4.31 Å². The molecule has 0 unspecified atom stereocenters. The molecule has 1 aliphatic carbocycles. The van der Waals surface area contributed by atoms with E-state index in [2.05, 4.69) is 50.8 Å². The van der Waals surface area contributed by atoms with Crippen molar-refractivity contribution in [1.29, 1.82) is 0 Å². The summed E-state index contributed by atoms with van der Waals surface area (Å²) in [5.74, 6) is 0.514. The molecule has 0 saturated heterocycles. The number of benzene rings is 1. The quantitative estimate of drug-likeness (QED) is 0.672. The van der Waals surface area contributed by atoms with Crippen LogP contribution in [0, 0.1) is 5.92 Å². The molecule has 2 rings (SSSR count). The Kier molecular flexibility index (Phi) is 4.32. The molecule has 0 aromatic heterocycles. The van der Waals surface area contributed by atoms with Gasteiger partial charge >= 0.3 is 116 Å². The second kappa shape index (κ2) is 5.61. The van der Waals surface area contributed by atoms with Gasteiger partial charge in [0.2, 0.25) is 0 Å². The molecule has 0 radical (unpaired) electrons. The molecule has 3 atom stereocenters. The summed E-state index contributed by atoms with van der Waals surface area (Å²) < 4.78 is 1.47. The Hall–Kier alpha value is -0.561. The topological polar surface area (TPSA) is 20.2 Å². The van der Waals surface area contributed by atoms with Gasteiger partial charge in [0, 0.05) is 0 Å². The first-order valence-corrected chi connectivity index (χ1v) is 8.30. The van der Waals surface area contributed by atoms with Crippen molar-refractivity contribution in [3.63, 3.8) is 0 Å². The van der Waals surface area contributed by atoms with E-state index < -0.39 is 0 Å². The Morgan fingerprint density at radius 3 is 2.61 bits per heavy atom. The molecule has 2 heteroatoms. The van der Waals surface area contributed by atoms with E-state index in [1.165, 1.54) is 16.5 Å². The Morgan fingerprint density at radius 2 is 2.06 bits per heavy atom. The maximum absolute atomic E-state index is 10.5. The second-order valence-electron chi connectivity index (χ2n) is 5.56. The number of aliphatic hydroxyl groups is 1. The van der Waals surface area contributed by atoms with Gasteiger partial charge in [-0.3, -0.25) is 0 Å². The van der Waals surface area contributed by atoms with E-state index in [0.29, 0.717) is 20.9 Å². The van der Waals surface area contributed by atoms with Crippen LogP contribution in [-0.4, -0.2) is 26.2 Å². The van der Waals surface area contributed by atoms with Gasteiger partial charge in [0.1, 0.15) is 0 Å². The van der Waals surface area contributed by atoms with Crippen LogP contribution in [0.1, 0.15) is 33.1 Å². The van der Waals surface area contributed by atoms with E-state index in [-0.39, 0.29) is 10.4 Å². The predicted molar refractivity (Wildman–Crippen MR) is 78.4 cm³/mol. The van der Waals surface area contributed by atoms with Crippen molar-refractivity contribution in [2.45, 2.75) is 43.5 Å². The van der Waals surface area contributed by atoms with E-state index in [1.54, 1.807) is 0 Å². The standard InChI is InChI=1S/C16H22OSe/c1-12(2)13-9-10-16(3,15(17)11-13)18-14-7-5-4-6-8-14/h4-8,13,15,17H,1,9-11H2,2-3H3/t13-,15+,16+/m0/s1. The number of hydrogen-bond donors (Lipinski definition) is 1. The van der Waals surface area contributed by atoms with Crippen molar-refractivity contribution in [1.82, 2.24) is 0 Å². The Balaban J connectivity index is 2.06. The van der Waals surface area contributed by atoms with Crippen LogP contribution in [0.25, 0.3) is 0 Å². The third kappa shape index (κ3) is 3.06. The van der Waals surface area contributed by atoms with E-state index in [4.69, 9.17) is 0 Å². The molecular weight excluding hydrogens is 287 g/mol. The third-order valence-corrected chi connectivity index (χ3v) is 7.04. The summed E-state index contributed by atoms with van der Waals surface area (Å²) in [6.07, 6.45) is 2.99. The molecule has 1 N–H and O–H groups in total. The van der Waals surface area contributed by atoms with Gasteiger partial charge in [0.05, 0.1) is 0 Å². The molecule has 1 nitrogen and oxygen atoms in total. The van der Waals surface area contributed by atoms with Crippen LogP contribution >= 0.6 is 0 Å². The molecule has 1 aromatic rings. The summed E-state index contributed by atoms with van der Waals surface area (Å²) in [5, 5.41) is 10.5. The number of hydrogen-bond acceptors (Lipinski definition) is 1. The van der Waals surface area contributed by atoms with Gasteiger partial charge in [-0.1, -0.05) is 0 Å². The molecule has 0 spiro atoms. The van der Waals surface area contributed by atoms with Gasteiger partial charge in [-0.15, -0.1) is 0 Å². The first-order valence-electron chi connectivity index (χ1n) is 6.59. The minimum atomic E-state index is -0.187. The average Bonchev–Trinajstić information content (AvgIpc) is 2.34. The monoisotopic (exact) mass is 310 g/mol. The molecule has 1 aromatic carbocycles. The third-order valence-electron chi connectivity index (χ3n) is 3.99. The molecule has 98 valence electrons. The zero-order valence-corrected chi connectivity index (χ0v) is 12.9. The molecule has 0 bridgehead atoms. The number of aliphatic hydroxyl groups excluding tert-OH is 1. The molecule has 1 fully saturated rings. The van der Waals surface area contributed by atoms with Crippen LogP contribution < -0.4 is 4.46 Å². The fourth-order valence-electron chi connectivity index (χ4n) is 2.59. The Morgan fingerprint density at radius 1 is 1.39 bits per heavy atom. The fourth-order valence-corrected chi connectivity index (χ4v) is 5.28. The zero-order chi connectivity index (χ0) is 13.2. The van der Waals surface area contributed by atoms with Crippen molar-refractivity contribution < 1.29 is 5.11 Å². The predicted octanol–water partition coefficient (Wildman–Crippen LogP) is 2.93. The maximum atomic E-state index is 10.5. The molecule has 1 aliphatic rings. The van der Waals surface area contributed by atoms with E-state index in [1.807, 2.05) is 0 Å². The second-order valence-corrected chi connectivity index (χ2v) is 8.94. The average molecular weight is 309 g/mol.